The lowest BCUT2D eigenvalue weighted by Gasteiger charge is -2.11. The highest BCUT2D eigenvalue weighted by Gasteiger charge is 2.06. The van der Waals surface area contributed by atoms with Crippen LogP contribution in [0.4, 0.5) is 0 Å². The molecule has 0 aliphatic rings. The van der Waals surface area contributed by atoms with E-state index in [9.17, 15) is 4.79 Å². The summed E-state index contributed by atoms with van der Waals surface area (Å²) in [6.07, 6.45) is 1.65. The number of ketones is 1. The molecule has 0 saturated heterocycles. The Bertz CT molecular complexity index is 368. The monoisotopic (exact) mass is 273 g/mol. The Morgan fingerprint density at radius 1 is 1.50 bits per heavy atom. The van der Waals surface area contributed by atoms with Crippen LogP contribution in [0.5, 0.6) is 0 Å². The maximum Gasteiger partial charge on any atom is 0.197 e. The van der Waals surface area contributed by atoms with E-state index in [2.05, 4.69) is 15.9 Å². The van der Waals surface area contributed by atoms with Crippen molar-refractivity contribution >= 4 is 33.0 Å². The van der Waals surface area contributed by atoms with Crippen LogP contribution >= 0.6 is 27.3 Å². The van der Waals surface area contributed by atoms with Gasteiger partial charge in [0.05, 0.1) is 8.66 Å². The highest BCUT2D eigenvalue weighted by molar-refractivity contribution is 9.11. The fraction of sp³-hybridized carbons (Fsp3) is 0.300. The maximum absolute atomic E-state index is 11.7. The minimum atomic E-state index is 0.0619. The Morgan fingerprint density at radius 2 is 2.14 bits per heavy atom. The van der Waals surface area contributed by atoms with Crippen LogP contribution in [-0.2, 0) is 0 Å². The van der Waals surface area contributed by atoms with Gasteiger partial charge < -0.3 is 4.90 Å². The number of allylic oxidation sites excluding steroid dienone is 2. The van der Waals surface area contributed by atoms with Crippen molar-refractivity contribution < 1.29 is 4.79 Å². The Balaban J connectivity index is 2.82. The van der Waals surface area contributed by atoms with E-state index in [1.165, 1.54) is 11.3 Å². The molecule has 0 amide bonds. The molecule has 1 rings (SSSR count). The van der Waals surface area contributed by atoms with Crippen molar-refractivity contribution in [2.24, 2.45) is 0 Å². The fourth-order valence-electron chi connectivity index (χ4n) is 0.837. The van der Waals surface area contributed by atoms with Crippen molar-refractivity contribution in [3.63, 3.8) is 0 Å². The van der Waals surface area contributed by atoms with Crippen molar-refractivity contribution in [1.82, 2.24) is 4.90 Å². The Labute approximate surface area is 96.4 Å². The summed E-state index contributed by atoms with van der Waals surface area (Å²) in [6, 6.07) is 3.72. The van der Waals surface area contributed by atoms with Crippen molar-refractivity contribution in [1.29, 1.82) is 0 Å². The molecule has 0 radical (unpaired) electrons. The van der Waals surface area contributed by atoms with Gasteiger partial charge in [-0.15, -0.1) is 11.3 Å². The van der Waals surface area contributed by atoms with Gasteiger partial charge in [-0.1, -0.05) is 0 Å². The lowest BCUT2D eigenvalue weighted by atomic mass is 10.2. The minimum absolute atomic E-state index is 0.0619. The first-order chi connectivity index (χ1) is 6.50. The second-order valence-electron chi connectivity index (χ2n) is 3.15. The van der Waals surface area contributed by atoms with Crippen molar-refractivity contribution in [2.45, 2.75) is 6.92 Å². The quantitative estimate of drug-likeness (QED) is 0.623. The zero-order valence-electron chi connectivity index (χ0n) is 8.37. The molecule has 2 nitrogen and oxygen atoms in total. The number of thiophene rings is 1. The number of carbonyl (C=O) groups is 1. The molecule has 0 aromatic carbocycles. The van der Waals surface area contributed by atoms with E-state index < -0.39 is 0 Å². The predicted octanol–water partition coefficient (Wildman–Crippen LogP) is 3.16. The van der Waals surface area contributed by atoms with Gasteiger partial charge in [0.25, 0.3) is 0 Å². The molecular formula is C10H12BrNOS. The first-order valence-corrected chi connectivity index (χ1v) is 5.77. The molecule has 14 heavy (non-hydrogen) atoms. The highest BCUT2D eigenvalue weighted by Crippen LogP contribution is 2.22. The molecule has 0 saturated carbocycles. The van der Waals surface area contributed by atoms with E-state index in [0.29, 0.717) is 0 Å². The molecule has 0 unspecified atom stereocenters. The summed E-state index contributed by atoms with van der Waals surface area (Å²) in [5.41, 5.74) is 0.958. The molecule has 0 N–H and O–H groups in total. The van der Waals surface area contributed by atoms with Crippen LogP contribution < -0.4 is 0 Å². The van der Waals surface area contributed by atoms with Gasteiger partial charge in [0.2, 0.25) is 0 Å². The number of halogens is 1. The zero-order chi connectivity index (χ0) is 10.7. The number of hydrogen-bond donors (Lipinski definition) is 0. The van der Waals surface area contributed by atoms with Gasteiger partial charge in [0.1, 0.15) is 0 Å². The highest BCUT2D eigenvalue weighted by atomic mass is 79.9. The number of rotatable bonds is 3. The number of hydrogen-bond acceptors (Lipinski definition) is 3. The molecule has 0 atom stereocenters. The van der Waals surface area contributed by atoms with E-state index in [4.69, 9.17) is 0 Å². The summed E-state index contributed by atoms with van der Waals surface area (Å²) in [4.78, 5) is 14.3. The Morgan fingerprint density at radius 3 is 2.57 bits per heavy atom. The second kappa shape index (κ2) is 4.75. The summed E-state index contributed by atoms with van der Waals surface area (Å²) in [7, 11) is 3.84. The van der Waals surface area contributed by atoms with Gasteiger partial charge >= 0.3 is 0 Å². The summed E-state index contributed by atoms with van der Waals surface area (Å²) >= 11 is 4.78. The van der Waals surface area contributed by atoms with Crippen molar-refractivity contribution in [3.8, 4) is 0 Å². The second-order valence-corrected chi connectivity index (χ2v) is 5.61. The first-order valence-electron chi connectivity index (χ1n) is 4.16. The van der Waals surface area contributed by atoms with Crippen LogP contribution in [0.2, 0.25) is 0 Å². The standard InChI is InChI=1S/C10H12BrNOS/c1-7(12(2)3)6-8(13)9-4-5-10(11)14-9/h4-6H,1-3H3/b7-6+. The van der Waals surface area contributed by atoms with Gasteiger partial charge in [0, 0.05) is 25.9 Å². The summed E-state index contributed by atoms with van der Waals surface area (Å²) in [6.45, 7) is 1.92. The zero-order valence-corrected chi connectivity index (χ0v) is 10.8. The van der Waals surface area contributed by atoms with E-state index in [-0.39, 0.29) is 5.78 Å². The van der Waals surface area contributed by atoms with Crippen LogP contribution in [0.15, 0.2) is 27.7 Å². The van der Waals surface area contributed by atoms with Gasteiger partial charge in [-0.2, -0.15) is 0 Å². The van der Waals surface area contributed by atoms with Crippen LogP contribution in [-0.4, -0.2) is 24.8 Å². The maximum atomic E-state index is 11.7. The normalized spacial score (nSPS) is 11.6. The third kappa shape index (κ3) is 2.96. The van der Waals surface area contributed by atoms with E-state index in [1.807, 2.05) is 38.1 Å². The molecular weight excluding hydrogens is 262 g/mol. The SMILES string of the molecule is C/C(=C\C(=O)c1ccc(Br)s1)N(C)C. The topological polar surface area (TPSA) is 20.3 Å². The van der Waals surface area contributed by atoms with E-state index in [1.54, 1.807) is 6.08 Å². The van der Waals surface area contributed by atoms with Gasteiger partial charge in [-0.05, 0) is 35.0 Å². The third-order valence-electron chi connectivity index (χ3n) is 1.86. The van der Waals surface area contributed by atoms with E-state index in [0.717, 1.165) is 14.4 Å². The summed E-state index contributed by atoms with van der Waals surface area (Å²) < 4.78 is 0.983. The Kier molecular flexibility index (Phi) is 3.89. The van der Waals surface area contributed by atoms with Gasteiger partial charge in [-0.3, -0.25) is 4.79 Å². The molecule has 1 heterocycles. The van der Waals surface area contributed by atoms with Crippen molar-refractivity contribution in [3.05, 3.63) is 32.6 Å². The van der Waals surface area contributed by atoms with Gasteiger partial charge in [0.15, 0.2) is 5.78 Å². The molecule has 0 aliphatic carbocycles. The molecule has 1 aromatic rings. The molecule has 0 aliphatic heterocycles. The van der Waals surface area contributed by atoms with Gasteiger partial charge in [-0.25, -0.2) is 0 Å². The molecule has 0 fully saturated rings. The number of carbonyl (C=O) groups excluding carboxylic acids is 1. The average molecular weight is 274 g/mol. The smallest absolute Gasteiger partial charge is 0.197 e. The lowest BCUT2D eigenvalue weighted by molar-refractivity contribution is 0.104. The number of nitrogens with zero attached hydrogens (tertiary/aromatic N) is 1. The van der Waals surface area contributed by atoms with E-state index >= 15 is 0 Å². The lowest BCUT2D eigenvalue weighted by Crippen LogP contribution is -2.09. The van der Waals surface area contributed by atoms with Crippen LogP contribution in [0.3, 0.4) is 0 Å². The predicted molar refractivity (Wildman–Crippen MR) is 63.8 cm³/mol. The largest absolute Gasteiger partial charge is 0.381 e. The molecule has 4 heteroatoms. The summed E-state index contributed by atoms with van der Waals surface area (Å²) in [5, 5.41) is 0. The molecule has 0 spiro atoms. The van der Waals surface area contributed by atoms with Crippen LogP contribution in [0, 0.1) is 0 Å². The average Bonchev–Trinajstić information content (AvgIpc) is 2.51. The van der Waals surface area contributed by atoms with Crippen LogP contribution in [0.1, 0.15) is 16.6 Å². The Hall–Kier alpha value is -0.610. The van der Waals surface area contributed by atoms with Crippen molar-refractivity contribution in [2.75, 3.05) is 14.1 Å². The minimum Gasteiger partial charge on any atom is -0.381 e. The third-order valence-corrected chi connectivity index (χ3v) is 3.50. The molecule has 76 valence electrons. The fourth-order valence-corrected chi connectivity index (χ4v) is 2.13. The first kappa shape index (κ1) is 11.5. The summed E-state index contributed by atoms with van der Waals surface area (Å²) in [5.74, 6) is 0.0619. The van der Waals surface area contributed by atoms with Crippen LogP contribution in [0.25, 0.3) is 0 Å². The molecule has 0 bridgehead atoms. The molecule has 1 aromatic heterocycles.